The van der Waals surface area contributed by atoms with Crippen molar-refractivity contribution in [3.05, 3.63) is 12.3 Å². The normalized spacial score (nSPS) is 18.8. The summed E-state index contributed by atoms with van der Waals surface area (Å²) in [4.78, 5) is 15.6. The van der Waals surface area contributed by atoms with Crippen molar-refractivity contribution in [3.63, 3.8) is 0 Å². The number of likely N-dealkylation sites (N-methyl/N-ethyl adjacent to an activating group) is 1. The van der Waals surface area contributed by atoms with Crippen molar-refractivity contribution in [2.24, 2.45) is 0 Å². The van der Waals surface area contributed by atoms with E-state index in [1.807, 2.05) is 30.6 Å². The van der Waals surface area contributed by atoms with Crippen LogP contribution in [0.15, 0.2) is 12.3 Å². The fraction of sp³-hybridized carbons (Fsp3) is 0.700. The van der Waals surface area contributed by atoms with Crippen molar-refractivity contribution in [1.82, 2.24) is 9.80 Å². The second-order valence-corrected chi connectivity index (χ2v) is 3.62. The maximum atomic E-state index is 11.7. The van der Waals surface area contributed by atoms with Gasteiger partial charge in [-0.2, -0.15) is 0 Å². The second-order valence-electron chi connectivity index (χ2n) is 3.62. The van der Waals surface area contributed by atoms with Crippen LogP contribution in [-0.4, -0.2) is 41.4 Å². The van der Waals surface area contributed by atoms with Gasteiger partial charge >= 0.3 is 0 Å². The SMILES string of the molecule is C=C1C(=O)N(C(C)C)CCN1CC. The molecule has 13 heavy (non-hydrogen) atoms. The Kier molecular flexibility index (Phi) is 2.96. The van der Waals surface area contributed by atoms with Crippen LogP contribution >= 0.6 is 0 Å². The number of rotatable bonds is 2. The van der Waals surface area contributed by atoms with Crippen molar-refractivity contribution in [3.8, 4) is 0 Å². The zero-order valence-corrected chi connectivity index (χ0v) is 8.71. The van der Waals surface area contributed by atoms with Gasteiger partial charge < -0.3 is 9.80 Å². The number of hydrogen-bond donors (Lipinski definition) is 0. The lowest BCUT2D eigenvalue weighted by Crippen LogP contribution is -2.50. The maximum Gasteiger partial charge on any atom is 0.269 e. The fourth-order valence-corrected chi connectivity index (χ4v) is 1.61. The molecule has 1 aliphatic heterocycles. The van der Waals surface area contributed by atoms with Gasteiger partial charge in [-0.25, -0.2) is 0 Å². The van der Waals surface area contributed by atoms with E-state index in [0.717, 1.165) is 19.6 Å². The van der Waals surface area contributed by atoms with E-state index in [2.05, 4.69) is 6.58 Å². The fourth-order valence-electron chi connectivity index (χ4n) is 1.61. The predicted molar refractivity (Wildman–Crippen MR) is 53.2 cm³/mol. The topological polar surface area (TPSA) is 23.6 Å². The molecule has 0 N–H and O–H groups in total. The lowest BCUT2D eigenvalue weighted by Gasteiger charge is -2.38. The van der Waals surface area contributed by atoms with Gasteiger partial charge in [-0.1, -0.05) is 6.58 Å². The minimum Gasteiger partial charge on any atom is -0.366 e. The average Bonchev–Trinajstić information content (AvgIpc) is 2.09. The van der Waals surface area contributed by atoms with E-state index in [1.165, 1.54) is 0 Å². The van der Waals surface area contributed by atoms with Gasteiger partial charge in [0, 0.05) is 25.7 Å². The third kappa shape index (κ3) is 1.85. The average molecular weight is 182 g/mol. The van der Waals surface area contributed by atoms with E-state index >= 15 is 0 Å². The van der Waals surface area contributed by atoms with Crippen LogP contribution in [0.3, 0.4) is 0 Å². The molecule has 0 aromatic carbocycles. The molecule has 1 fully saturated rings. The number of piperazine rings is 1. The van der Waals surface area contributed by atoms with Crippen molar-refractivity contribution in [2.45, 2.75) is 26.8 Å². The molecule has 1 aliphatic rings. The Balaban J connectivity index is 2.70. The Morgan fingerprint density at radius 2 is 2.08 bits per heavy atom. The van der Waals surface area contributed by atoms with Gasteiger partial charge in [-0.15, -0.1) is 0 Å². The van der Waals surface area contributed by atoms with E-state index < -0.39 is 0 Å². The highest BCUT2D eigenvalue weighted by Gasteiger charge is 2.27. The largest absolute Gasteiger partial charge is 0.366 e. The van der Waals surface area contributed by atoms with Crippen LogP contribution in [0.1, 0.15) is 20.8 Å². The third-order valence-corrected chi connectivity index (χ3v) is 2.51. The first-order valence-electron chi connectivity index (χ1n) is 4.82. The van der Waals surface area contributed by atoms with Crippen molar-refractivity contribution in [1.29, 1.82) is 0 Å². The molecule has 3 heteroatoms. The molecule has 3 nitrogen and oxygen atoms in total. The highest BCUT2D eigenvalue weighted by atomic mass is 16.2. The van der Waals surface area contributed by atoms with Gasteiger partial charge in [0.2, 0.25) is 0 Å². The summed E-state index contributed by atoms with van der Waals surface area (Å²) in [7, 11) is 0. The Labute approximate surface area is 80.0 Å². The molecule has 0 bridgehead atoms. The summed E-state index contributed by atoms with van der Waals surface area (Å²) in [6.45, 7) is 12.5. The van der Waals surface area contributed by atoms with E-state index in [1.54, 1.807) is 0 Å². The molecule has 0 aromatic heterocycles. The molecular formula is C10H18N2O. The van der Waals surface area contributed by atoms with Gasteiger partial charge in [0.05, 0.1) is 5.70 Å². The Morgan fingerprint density at radius 3 is 2.54 bits per heavy atom. The van der Waals surface area contributed by atoms with Crippen LogP contribution in [0.5, 0.6) is 0 Å². The predicted octanol–water partition coefficient (Wildman–Crippen LogP) is 1.07. The van der Waals surface area contributed by atoms with Crippen molar-refractivity contribution >= 4 is 5.91 Å². The van der Waals surface area contributed by atoms with E-state index in [4.69, 9.17) is 0 Å². The summed E-state index contributed by atoms with van der Waals surface area (Å²) in [5.41, 5.74) is 0.641. The van der Waals surface area contributed by atoms with Crippen LogP contribution < -0.4 is 0 Å². The van der Waals surface area contributed by atoms with Crippen LogP contribution in [0.4, 0.5) is 0 Å². The second kappa shape index (κ2) is 3.81. The van der Waals surface area contributed by atoms with Gasteiger partial charge in [0.1, 0.15) is 0 Å². The summed E-state index contributed by atoms with van der Waals surface area (Å²) < 4.78 is 0. The number of carbonyl (C=O) groups excluding carboxylic acids is 1. The molecular weight excluding hydrogens is 164 g/mol. The van der Waals surface area contributed by atoms with Crippen molar-refractivity contribution < 1.29 is 4.79 Å². The van der Waals surface area contributed by atoms with Crippen molar-refractivity contribution in [2.75, 3.05) is 19.6 Å². The Hall–Kier alpha value is -0.990. The first-order valence-corrected chi connectivity index (χ1v) is 4.82. The summed E-state index contributed by atoms with van der Waals surface area (Å²) in [5.74, 6) is 0.0862. The highest BCUT2D eigenvalue weighted by molar-refractivity contribution is 5.93. The van der Waals surface area contributed by atoms with E-state index in [9.17, 15) is 4.79 Å². The zero-order chi connectivity index (χ0) is 10.0. The monoisotopic (exact) mass is 182 g/mol. The molecule has 0 unspecified atom stereocenters. The molecule has 0 aliphatic carbocycles. The Morgan fingerprint density at radius 1 is 1.46 bits per heavy atom. The number of amides is 1. The maximum absolute atomic E-state index is 11.7. The molecule has 0 spiro atoms. The van der Waals surface area contributed by atoms with Gasteiger partial charge in [0.25, 0.3) is 5.91 Å². The van der Waals surface area contributed by atoms with E-state index in [-0.39, 0.29) is 11.9 Å². The van der Waals surface area contributed by atoms with Gasteiger partial charge in [0.15, 0.2) is 0 Å². The molecule has 1 rings (SSSR count). The molecule has 1 amide bonds. The smallest absolute Gasteiger partial charge is 0.269 e. The molecule has 0 atom stereocenters. The molecule has 1 saturated heterocycles. The van der Waals surface area contributed by atoms with Crippen LogP contribution in [0.2, 0.25) is 0 Å². The number of carbonyl (C=O) groups is 1. The van der Waals surface area contributed by atoms with Crippen LogP contribution in [-0.2, 0) is 4.79 Å². The molecule has 0 saturated carbocycles. The summed E-state index contributed by atoms with van der Waals surface area (Å²) in [6.07, 6.45) is 0. The quantitative estimate of drug-likeness (QED) is 0.596. The molecule has 0 aromatic rings. The van der Waals surface area contributed by atoms with Crippen LogP contribution in [0, 0.1) is 0 Å². The summed E-state index contributed by atoms with van der Waals surface area (Å²) >= 11 is 0. The number of nitrogens with zero attached hydrogens (tertiary/aromatic N) is 2. The lowest BCUT2D eigenvalue weighted by molar-refractivity contribution is -0.133. The lowest BCUT2D eigenvalue weighted by atomic mass is 10.2. The minimum atomic E-state index is 0.0862. The third-order valence-electron chi connectivity index (χ3n) is 2.51. The highest BCUT2D eigenvalue weighted by Crippen LogP contribution is 2.14. The summed E-state index contributed by atoms with van der Waals surface area (Å²) in [5, 5.41) is 0. The van der Waals surface area contributed by atoms with E-state index in [0.29, 0.717) is 5.70 Å². The zero-order valence-electron chi connectivity index (χ0n) is 8.71. The minimum absolute atomic E-state index is 0.0862. The first kappa shape index (κ1) is 10.1. The van der Waals surface area contributed by atoms with Gasteiger partial charge in [-0.3, -0.25) is 4.79 Å². The Bertz CT molecular complexity index is 223. The molecule has 0 radical (unpaired) electrons. The van der Waals surface area contributed by atoms with Crippen LogP contribution in [0.25, 0.3) is 0 Å². The summed E-state index contributed by atoms with van der Waals surface area (Å²) in [6, 6.07) is 0.281. The number of hydrogen-bond acceptors (Lipinski definition) is 2. The van der Waals surface area contributed by atoms with Gasteiger partial charge in [-0.05, 0) is 20.8 Å². The standard InChI is InChI=1S/C10H18N2O/c1-5-11-6-7-12(8(2)3)10(13)9(11)4/h8H,4-7H2,1-3H3. The molecule has 74 valence electrons. The molecule has 1 heterocycles. The first-order chi connectivity index (χ1) is 6.07.